The molecule has 2 aromatic carbocycles. The molecule has 1 amide bonds. The van der Waals surface area contributed by atoms with Gasteiger partial charge in [0.05, 0.1) is 13.7 Å². The fraction of sp³-hybridized carbons (Fsp3) is 0.440. The van der Waals surface area contributed by atoms with Crippen LogP contribution in [-0.2, 0) is 12.8 Å². The number of guanidine groups is 1. The standard InChI is InChI=1S/C25H36N4O3.HI/c1-6-32-23-18-19(12-13-22(23)31-5)10-8-15-27-25(26-2)28-16-14-20-9-7-11-21(17-20)24(30)29(3)4;/h7,9,11-13,17-18H,6,8,10,14-16H2,1-5H3,(H2,26,27,28);1H. The Bertz CT molecular complexity index is 903. The van der Waals surface area contributed by atoms with Crippen molar-refractivity contribution in [2.75, 3.05) is 47.9 Å². The molecule has 0 aromatic heterocycles. The van der Waals surface area contributed by atoms with E-state index in [9.17, 15) is 4.79 Å². The van der Waals surface area contributed by atoms with Gasteiger partial charge < -0.3 is 25.0 Å². The minimum atomic E-state index is 0. The average molecular weight is 569 g/mol. The number of amides is 1. The first kappa shape index (κ1) is 28.5. The van der Waals surface area contributed by atoms with Gasteiger partial charge in [-0.1, -0.05) is 18.2 Å². The number of hydrogen-bond acceptors (Lipinski definition) is 4. The number of carbonyl (C=O) groups is 1. The van der Waals surface area contributed by atoms with E-state index in [1.807, 2.05) is 43.3 Å². The summed E-state index contributed by atoms with van der Waals surface area (Å²) in [6, 6.07) is 13.8. The van der Waals surface area contributed by atoms with Gasteiger partial charge in [-0.25, -0.2) is 0 Å². The topological polar surface area (TPSA) is 75.2 Å². The van der Waals surface area contributed by atoms with E-state index in [4.69, 9.17) is 9.47 Å². The zero-order valence-corrected chi connectivity index (χ0v) is 22.6. The SMILES string of the molecule is CCOc1cc(CCCNC(=NC)NCCc2cccc(C(=O)N(C)C)c2)ccc1OC.I. The summed E-state index contributed by atoms with van der Waals surface area (Å²) in [6.07, 6.45) is 2.70. The Morgan fingerprint density at radius 2 is 1.73 bits per heavy atom. The first-order valence-electron chi connectivity index (χ1n) is 11.0. The lowest BCUT2D eigenvalue weighted by molar-refractivity contribution is 0.0827. The van der Waals surface area contributed by atoms with Gasteiger partial charge in [0.15, 0.2) is 17.5 Å². The number of nitrogens with one attached hydrogen (secondary N) is 2. The zero-order valence-electron chi connectivity index (χ0n) is 20.3. The number of rotatable bonds is 11. The van der Waals surface area contributed by atoms with E-state index in [1.165, 1.54) is 5.56 Å². The van der Waals surface area contributed by atoms with Gasteiger partial charge >= 0.3 is 0 Å². The smallest absolute Gasteiger partial charge is 0.253 e. The normalized spacial score (nSPS) is 10.8. The van der Waals surface area contributed by atoms with E-state index < -0.39 is 0 Å². The van der Waals surface area contributed by atoms with E-state index in [0.29, 0.717) is 12.2 Å². The van der Waals surface area contributed by atoms with Crippen LogP contribution in [0, 0.1) is 0 Å². The Morgan fingerprint density at radius 1 is 1.00 bits per heavy atom. The molecule has 182 valence electrons. The van der Waals surface area contributed by atoms with Crippen molar-refractivity contribution in [2.45, 2.75) is 26.2 Å². The number of aryl methyl sites for hydroxylation is 1. The van der Waals surface area contributed by atoms with E-state index in [2.05, 4.69) is 21.7 Å². The number of benzene rings is 2. The summed E-state index contributed by atoms with van der Waals surface area (Å²) < 4.78 is 11.0. The maximum Gasteiger partial charge on any atom is 0.253 e. The van der Waals surface area contributed by atoms with Gasteiger partial charge in [-0.15, -0.1) is 24.0 Å². The fourth-order valence-electron chi connectivity index (χ4n) is 3.31. The van der Waals surface area contributed by atoms with Crippen LogP contribution >= 0.6 is 24.0 Å². The highest BCUT2D eigenvalue weighted by molar-refractivity contribution is 14.0. The van der Waals surface area contributed by atoms with Crippen molar-refractivity contribution >= 4 is 35.8 Å². The summed E-state index contributed by atoms with van der Waals surface area (Å²) in [5.41, 5.74) is 3.04. The van der Waals surface area contributed by atoms with Crippen molar-refractivity contribution in [3.63, 3.8) is 0 Å². The maximum absolute atomic E-state index is 12.1. The van der Waals surface area contributed by atoms with E-state index >= 15 is 0 Å². The lowest BCUT2D eigenvalue weighted by Crippen LogP contribution is -2.38. The minimum Gasteiger partial charge on any atom is -0.493 e. The summed E-state index contributed by atoms with van der Waals surface area (Å²) >= 11 is 0. The largest absolute Gasteiger partial charge is 0.493 e. The summed E-state index contributed by atoms with van der Waals surface area (Å²) in [5, 5.41) is 6.69. The molecule has 0 atom stereocenters. The van der Waals surface area contributed by atoms with E-state index in [0.717, 1.165) is 55.4 Å². The Balaban J connectivity index is 0.00000544. The number of halogens is 1. The summed E-state index contributed by atoms with van der Waals surface area (Å²) in [6.45, 7) is 4.12. The van der Waals surface area contributed by atoms with Crippen molar-refractivity contribution in [3.8, 4) is 11.5 Å². The molecular formula is C25H37IN4O3. The van der Waals surface area contributed by atoms with Gasteiger partial charge in [-0.05, 0) is 61.6 Å². The highest BCUT2D eigenvalue weighted by Gasteiger charge is 2.08. The second-order valence-corrected chi connectivity index (χ2v) is 7.60. The number of hydrogen-bond donors (Lipinski definition) is 2. The highest BCUT2D eigenvalue weighted by Crippen LogP contribution is 2.28. The monoisotopic (exact) mass is 568 g/mol. The van der Waals surface area contributed by atoms with E-state index in [1.54, 1.807) is 33.2 Å². The molecule has 33 heavy (non-hydrogen) atoms. The van der Waals surface area contributed by atoms with Gasteiger partial charge in [0.1, 0.15) is 0 Å². The van der Waals surface area contributed by atoms with Gasteiger partial charge in [0.2, 0.25) is 0 Å². The molecule has 0 aliphatic carbocycles. The van der Waals surface area contributed by atoms with Crippen molar-refractivity contribution in [1.29, 1.82) is 0 Å². The van der Waals surface area contributed by atoms with Crippen molar-refractivity contribution in [2.24, 2.45) is 4.99 Å². The molecule has 0 heterocycles. The van der Waals surface area contributed by atoms with E-state index in [-0.39, 0.29) is 29.9 Å². The molecule has 0 saturated heterocycles. The Hall–Kier alpha value is -2.49. The van der Waals surface area contributed by atoms with Gasteiger partial charge in [-0.2, -0.15) is 0 Å². The Morgan fingerprint density at radius 3 is 2.39 bits per heavy atom. The van der Waals surface area contributed by atoms with Gasteiger partial charge in [-0.3, -0.25) is 9.79 Å². The second kappa shape index (κ2) is 15.4. The molecule has 7 nitrogen and oxygen atoms in total. The molecule has 0 bridgehead atoms. The molecular weight excluding hydrogens is 531 g/mol. The fourth-order valence-corrected chi connectivity index (χ4v) is 3.31. The lowest BCUT2D eigenvalue weighted by Gasteiger charge is -2.14. The lowest BCUT2D eigenvalue weighted by atomic mass is 10.1. The number of nitrogens with zero attached hydrogens (tertiary/aromatic N) is 2. The third-order valence-corrected chi connectivity index (χ3v) is 4.97. The van der Waals surface area contributed by atoms with Crippen LogP contribution in [0.4, 0.5) is 0 Å². The molecule has 0 spiro atoms. The predicted molar refractivity (Wildman–Crippen MR) is 145 cm³/mol. The van der Waals surface area contributed by atoms with Crippen LogP contribution in [0.1, 0.15) is 34.8 Å². The number of methoxy groups -OCH3 is 1. The second-order valence-electron chi connectivity index (χ2n) is 7.60. The summed E-state index contributed by atoms with van der Waals surface area (Å²) in [7, 11) is 6.95. The number of carbonyl (C=O) groups excluding carboxylic acids is 1. The molecule has 8 heteroatoms. The first-order valence-corrected chi connectivity index (χ1v) is 11.0. The maximum atomic E-state index is 12.1. The predicted octanol–water partition coefficient (Wildman–Crippen LogP) is 3.75. The van der Waals surface area contributed by atoms with Crippen LogP contribution < -0.4 is 20.1 Å². The minimum absolute atomic E-state index is 0. The third-order valence-electron chi connectivity index (χ3n) is 4.97. The molecule has 2 aromatic rings. The van der Waals surface area contributed by atoms with Crippen LogP contribution in [0.2, 0.25) is 0 Å². The summed E-state index contributed by atoms with van der Waals surface area (Å²) in [5.74, 6) is 2.34. The average Bonchev–Trinajstić information content (AvgIpc) is 2.80. The molecule has 0 fully saturated rings. The molecule has 0 radical (unpaired) electrons. The van der Waals surface area contributed by atoms with Crippen LogP contribution in [0.3, 0.4) is 0 Å². The molecule has 0 saturated carbocycles. The first-order chi connectivity index (χ1) is 15.5. The quantitative estimate of drug-likeness (QED) is 0.187. The van der Waals surface area contributed by atoms with Crippen molar-refractivity contribution in [3.05, 3.63) is 59.2 Å². The van der Waals surface area contributed by atoms with Crippen LogP contribution in [0.15, 0.2) is 47.5 Å². The van der Waals surface area contributed by atoms with Gasteiger partial charge in [0, 0.05) is 39.8 Å². The van der Waals surface area contributed by atoms with Crippen LogP contribution in [0.5, 0.6) is 11.5 Å². The van der Waals surface area contributed by atoms with Crippen LogP contribution in [-0.4, -0.2) is 64.7 Å². The Kier molecular flexibility index (Phi) is 13.3. The highest BCUT2D eigenvalue weighted by atomic mass is 127. The third kappa shape index (κ3) is 9.49. The Labute approximate surface area is 215 Å². The summed E-state index contributed by atoms with van der Waals surface area (Å²) in [4.78, 5) is 18.0. The number of ether oxygens (including phenoxy) is 2. The molecule has 0 unspecified atom stereocenters. The van der Waals surface area contributed by atoms with Crippen molar-refractivity contribution in [1.82, 2.24) is 15.5 Å². The molecule has 0 aliphatic rings. The van der Waals surface area contributed by atoms with Crippen LogP contribution in [0.25, 0.3) is 0 Å². The zero-order chi connectivity index (χ0) is 23.3. The van der Waals surface area contributed by atoms with Gasteiger partial charge in [0.25, 0.3) is 5.91 Å². The number of aliphatic imine (C=N–C) groups is 1. The molecule has 2 N–H and O–H groups in total. The van der Waals surface area contributed by atoms with Crippen molar-refractivity contribution < 1.29 is 14.3 Å². The molecule has 0 aliphatic heterocycles. The molecule has 2 rings (SSSR count).